The van der Waals surface area contributed by atoms with Gasteiger partial charge in [0, 0.05) is 11.3 Å². The molecule has 0 bridgehead atoms. The SMILES string of the molecule is Cc1cc2nc3ccccc3nc2c(C)c1N. The molecule has 0 unspecified atom stereocenters. The highest BCUT2D eigenvalue weighted by Crippen LogP contribution is 2.26. The molecule has 1 heterocycles. The van der Waals surface area contributed by atoms with Crippen LogP contribution in [0.25, 0.3) is 22.1 Å². The molecule has 0 fully saturated rings. The van der Waals surface area contributed by atoms with Gasteiger partial charge < -0.3 is 5.73 Å². The lowest BCUT2D eigenvalue weighted by molar-refractivity contribution is 1.33. The number of hydrogen-bond acceptors (Lipinski definition) is 3. The maximum atomic E-state index is 6.02. The zero-order valence-electron chi connectivity index (χ0n) is 9.86. The normalized spacial score (nSPS) is 11.2. The Morgan fingerprint density at radius 2 is 1.59 bits per heavy atom. The van der Waals surface area contributed by atoms with E-state index in [1.807, 2.05) is 44.2 Å². The summed E-state index contributed by atoms with van der Waals surface area (Å²) in [6, 6.07) is 9.88. The highest BCUT2D eigenvalue weighted by atomic mass is 14.8. The number of aryl methyl sites for hydroxylation is 2. The van der Waals surface area contributed by atoms with Crippen LogP contribution in [0.15, 0.2) is 30.3 Å². The van der Waals surface area contributed by atoms with Gasteiger partial charge in [-0.1, -0.05) is 12.1 Å². The van der Waals surface area contributed by atoms with E-state index in [4.69, 9.17) is 5.73 Å². The zero-order chi connectivity index (χ0) is 12.0. The van der Waals surface area contributed by atoms with E-state index in [0.717, 1.165) is 38.9 Å². The number of para-hydroxylation sites is 2. The number of anilines is 1. The topological polar surface area (TPSA) is 51.8 Å². The first-order chi connectivity index (χ1) is 8.16. The van der Waals surface area contributed by atoms with E-state index in [0.29, 0.717) is 0 Å². The third-order valence-corrected chi connectivity index (χ3v) is 3.13. The quantitative estimate of drug-likeness (QED) is 0.471. The monoisotopic (exact) mass is 223 g/mol. The second-order valence-electron chi connectivity index (χ2n) is 4.31. The summed E-state index contributed by atoms with van der Waals surface area (Å²) in [4.78, 5) is 9.26. The second kappa shape index (κ2) is 3.42. The van der Waals surface area contributed by atoms with Crippen LogP contribution in [0.3, 0.4) is 0 Å². The van der Waals surface area contributed by atoms with Gasteiger partial charge in [0.05, 0.1) is 22.1 Å². The molecular formula is C14H13N3. The van der Waals surface area contributed by atoms with Crippen molar-refractivity contribution in [1.29, 1.82) is 0 Å². The predicted molar refractivity (Wildman–Crippen MR) is 70.9 cm³/mol. The summed E-state index contributed by atoms with van der Waals surface area (Å²) in [6.45, 7) is 3.99. The second-order valence-corrected chi connectivity index (χ2v) is 4.31. The van der Waals surface area contributed by atoms with E-state index in [-0.39, 0.29) is 0 Å². The third-order valence-electron chi connectivity index (χ3n) is 3.13. The molecule has 3 heteroatoms. The molecule has 0 radical (unpaired) electrons. The fourth-order valence-electron chi connectivity index (χ4n) is 2.10. The Morgan fingerprint density at radius 3 is 2.29 bits per heavy atom. The number of nitrogens with zero attached hydrogens (tertiary/aromatic N) is 2. The average molecular weight is 223 g/mol. The van der Waals surface area contributed by atoms with Crippen molar-refractivity contribution in [2.75, 3.05) is 5.73 Å². The van der Waals surface area contributed by atoms with Gasteiger partial charge in [-0.25, -0.2) is 9.97 Å². The van der Waals surface area contributed by atoms with E-state index in [1.165, 1.54) is 0 Å². The van der Waals surface area contributed by atoms with Gasteiger partial charge >= 0.3 is 0 Å². The summed E-state index contributed by atoms with van der Waals surface area (Å²) >= 11 is 0. The van der Waals surface area contributed by atoms with Gasteiger partial charge in [-0.3, -0.25) is 0 Å². The van der Waals surface area contributed by atoms with Crippen LogP contribution in [-0.2, 0) is 0 Å². The van der Waals surface area contributed by atoms with Crippen molar-refractivity contribution < 1.29 is 0 Å². The molecule has 0 aliphatic carbocycles. The third kappa shape index (κ3) is 1.43. The number of benzene rings is 2. The molecule has 0 saturated heterocycles. The maximum absolute atomic E-state index is 6.02. The van der Waals surface area contributed by atoms with Crippen molar-refractivity contribution in [3.63, 3.8) is 0 Å². The lowest BCUT2D eigenvalue weighted by Crippen LogP contribution is -1.97. The Kier molecular flexibility index (Phi) is 2.01. The van der Waals surface area contributed by atoms with Crippen LogP contribution < -0.4 is 5.73 Å². The van der Waals surface area contributed by atoms with Gasteiger partial charge in [0.25, 0.3) is 0 Å². The predicted octanol–water partition coefficient (Wildman–Crippen LogP) is 2.98. The maximum Gasteiger partial charge on any atom is 0.0944 e. The number of nitrogens with two attached hydrogens (primary N) is 1. The molecule has 3 aromatic rings. The van der Waals surface area contributed by atoms with Crippen LogP contribution in [-0.4, -0.2) is 9.97 Å². The molecule has 0 spiro atoms. The first kappa shape index (κ1) is 10.0. The summed E-state index contributed by atoms with van der Waals surface area (Å²) < 4.78 is 0. The van der Waals surface area contributed by atoms with Gasteiger partial charge in [0.15, 0.2) is 0 Å². The van der Waals surface area contributed by atoms with E-state index >= 15 is 0 Å². The van der Waals surface area contributed by atoms with Crippen LogP contribution in [0, 0.1) is 13.8 Å². The van der Waals surface area contributed by atoms with Gasteiger partial charge in [0.1, 0.15) is 0 Å². The number of rotatable bonds is 0. The minimum atomic E-state index is 0.807. The smallest absolute Gasteiger partial charge is 0.0944 e. The summed E-state index contributed by atoms with van der Waals surface area (Å²) in [6.07, 6.45) is 0. The van der Waals surface area contributed by atoms with Crippen LogP contribution in [0.5, 0.6) is 0 Å². The van der Waals surface area contributed by atoms with Crippen molar-refractivity contribution in [3.8, 4) is 0 Å². The molecule has 2 N–H and O–H groups in total. The minimum absolute atomic E-state index is 0.807. The van der Waals surface area contributed by atoms with E-state index in [1.54, 1.807) is 0 Å². The van der Waals surface area contributed by atoms with Crippen molar-refractivity contribution in [3.05, 3.63) is 41.5 Å². The van der Waals surface area contributed by atoms with E-state index in [9.17, 15) is 0 Å². The minimum Gasteiger partial charge on any atom is -0.398 e. The first-order valence-corrected chi connectivity index (χ1v) is 5.59. The van der Waals surface area contributed by atoms with E-state index < -0.39 is 0 Å². The molecular weight excluding hydrogens is 210 g/mol. The van der Waals surface area contributed by atoms with Crippen LogP contribution >= 0.6 is 0 Å². The number of fused-ring (bicyclic) bond motifs is 2. The molecule has 3 nitrogen and oxygen atoms in total. The van der Waals surface area contributed by atoms with Crippen LogP contribution in [0.1, 0.15) is 11.1 Å². The molecule has 3 rings (SSSR count). The largest absolute Gasteiger partial charge is 0.398 e. The van der Waals surface area contributed by atoms with Crippen molar-refractivity contribution in [1.82, 2.24) is 9.97 Å². The van der Waals surface area contributed by atoms with E-state index in [2.05, 4.69) is 9.97 Å². The Bertz CT molecular complexity index is 732. The molecule has 84 valence electrons. The van der Waals surface area contributed by atoms with Crippen molar-refractivity contribution in [2.45, 2.75) is 13.8 Å². The molecule has 0 amide bonds. The molecule has 0 aliphatic heterocycles. The van der Waals surface area contributed by atoms with Crippen molar-refractivity contribution in [2.24, 2.45) is 0 Å². The van der Waals surface area contributed by atoms with Gasteiger partial charge in [-0.05, 0) is 37.6 Å². The Labute approximate surface area is 99.3 Å². The molecule has 17 heavy (non-hydrogen) atoms. The fraction of sp³-hybridized carbons (Fsp3) is 0.143. The van der Waals surface area contributed by atoms with Gasteiger partial charge in [-0.15, -0.1) is 0 Å². The highest BCUT2D eigenvalue weighted by Gasteiger charge is 2.08. The average Bonchev–Trinajstić information content (AvgIpc) is 2.34. The first-order valence-electron chi connectivity index (χ1n) is 5.59. The standard InChI is InChI=1S/C14H13N3/c1-8-7-12-14(9(2)13(8)15)17-11-6-4-3-5-10(11)16-12/h3-7H,15H2,1-2H3. The highest BCUT2D eigenvalue weighted by molar-refractivity contribution is 5.91. The molecule has 2 aromatic carbocycles. The lowest BCUT2D eigenvalue weighted by Gasteiger charge is -2.08. The molecule has 1 aromatic heterocycles. The van der Waals surface area contributed by atoms with Gasteiger partial charge in [0.2, 0.25) is 0 Å². The Morgan fingerprint density at radius 1 is 0.941 bits per heavy atom. The van der Waals surface area contributed by atoms with Crippen LogP contribution in [0.2, 0.25) is 0 Å². The Balaban J connectivity index is 2.52. The lowest BCUT2D eigenvalue weighted by atomic mass is 10.1. The van der Waals surface area contributed by atoms with Gasteiger partial charge in [-0.2, -0.15) is 0 Å². The van der Waals surface area contributed by atoms with Crippen LogP contribution in [0.4, 0.5) is 5.69 Å². The zero-order valence-corrected chi connectivity index (χ0v) is 9.86. The van der Waals surface area contributed by atoms with Crippen molar-refractivity contribution >= 4 is 27.8 Å². The summed E-state index contributed by atoms with van der Waals surface area (Å²) in [7, 11) is 0. The summed E-state index contributed by atoms with van der Waals surface area (Å²) in [5.41, 5.74) is 12.5. The molecule has 0 saturated carbocycles. The Hall–Kier alpha value is -2.16. The molecule has 0 aliphatic rings. The molecule has 0 atom stereocenters. The number of nitrogen functional groups attached to an aromatic ring is 1. The summed E-state index contributed by atoms with van der Waals surface area (Å²) in [5.74, 6) is 0. The number of hydrogen-bond donors (Lipinski definition) is 1. The summed E-state index contributed by atoms with van der Waals surface area (Å²) in [5, 5.41) is 0. The fourth-order valence-corrected chi connectivity index (χ4v) is 2.10. The number of aromatic nitrogens is 2.